The van der Waals surface area contributed by atoms with Gasteiger partial charge in [-0.05, 0) is 84.8 Å². The Morgan fingerprint density at radius 3 is 1.82 bits per heavy atom. The van der Waals surface area contributed by atoms with E-state index in [9.17, 15) is 9.59 Å². The molecule has 0 aliphatic carbocycles. The van der Waals surface area contributed by atoms with Crippen LogP contribution in [-0.2, 0) is 4.79 Å². The summed E-state index contributed by atoms with van der Waals surface area (Å²) in [6.45, 7) is 8.67. The van der Waals surface area contributed by atoms with Crippen LogP contribution in [0.1, 0.15) is 82.0 Å². The number of ether oxygens (including phenoxy) is 3. The van der Waals surface area contributed by atoms with Crippen molar-refractivity contribution >= 4 is 11.9 Å². The summed E-state index contributed by atoms with van der Waals surface area (Å²) < 4.78 is 16.8. The van der Waals surface area contributed by atoms with Gasteiger partial charge in [0.05, 0.1) is 12.2 Å². The van der Waals surface area contributed by atoms with Crippen molar-refractivity contribution < 1.29 is 23.8 Å². The molecule has 5 heteroatoms. The van der Waals surface area contributed by atoms with E-state index in [0.717, 1.165) is 49.0 Å². The summed E-state index contributed by atoms with van der Waals surface area (Å²) in [7, 11) is 0. The smallest absolute Gasteiger partial charge is 0.343 e. The molecule has 0 spiro atoms. The fraction of sp³-hybridized carbons (Fsp3) is 0.371. The molecule has 5 nitrogen and oxygen atoms in total. The van der Waals surface area contributed by atoms with Gasteiger partial charge in [0, 0.05) is 6.42 Å². The van der Waals surface area contributed by atoms with Crippen molar-refractivity contribution in [3.05, 3.63) is 91.0 Å². The topological polar surface area (TPSA) is 61.8 Å². The second kappa shape index (κ2) is 17.0. The van der Waals surface area contributed by atoms with E-state index in [1.54, 1.807) is 48.5 Å². The Bertz CT molecular complexity index is 1180. The van der Waals surface area contributed by atoms with Gasteiger partial charge in [0.15, 0.2) is 0 Å². The number of benzene rings is 3. The first-order valence-corrected chi connectivity index (χ1v) is 14.5. The number of unbranched alkanes of at least 4 members (excludes halogenated alkanes) is 6. The highest BCUT2D eigenvalue weighted by Crippen LogP contribution is 2.26. The maximum absolute atomic E-state index is 12.6. The first-order chi connectivity index (χ1) is 19.5. The molecule has 0 unspecified atom stereocenters. The van der Waals surface area contributed by atoms with Gasteiger partial charge in [0.2, 0.25) is 0 Å². The zero-order valence-corrected chi connectivity index (χ0v) is 23.9. The van der Waals surface area contributed by atoms with Crippen molar-refractivity contribution in [1.29, 1.82) is 0 Å². The van der Waals surface area contributed by atoms with E-state index in [0.29, 0.717) is 36.0 Å². The van der Waals surface area contributed by atoms with Crippen LogP contribution in [0.15, 0.2) is 85.5 Å². The second-order valence-corrected chi connectivity index (χ2v) is 10.2. The van der Waals surface area contributed by atoms with Crippen molar-refractivity contribution in [3.63, 3.8) is 0 Å². The molecule has 0 bridgehead atoms. The maximum Gasteiger partial charge on any atom is 0.343 e. The van der Waals surface area contributed by atoms with Gasteiger partial charge in [-0.3, -0.25) is 4.79 Å². The van der Waals surface area contributed by atoms with Crippen LogP contribution in [0.4, 0.5) is 0 Å². The monoisotopic (exact) mass is 542 g/mol. The molecule has 40 heavy (non-hydrogen) atoms. The molecule has 0 aliphatic heterocycles. The Hall–Kier alpha value is -3.86. The van der Waals surface area contributed by atoms with Gasteiger partial charge in [0.25, 0.3) is 0 Å². The molecule has 3 rings (SSSR count). The molecule has 0 N–H and O–H groups in total. The van der Waals surface area contributed by atoms with Gasteiger partial charge < -0.3 is 14.2 Å². The predicted octanol–water partition coefficient (Wildman–Crippen LogP) is 9.21. The van der Waals surface area contributed by atoms with E-state index >= 15 is 0 Å². The van der Waals surface area contributed by atoms with Gasteiger partial charge in [0.1, 0.15) is 17.2 Å². The number of esters is 2. The summed E-state index contributed by atoms with van der Waals surface area (Å²) in [5, 5.41) is 0. The number of rotatable bonds is 17. The van der Waals surface area contributed by atoms with Crippen molar-refractivity contribution in [2.45, 2.75) is 71.6 Å². The van der Waals surface area contributed by atoms with Crippen LogP contribution in [0.5, 0.6) is 17.2 Å². The lowest BCUT2D eigenvalue weighted by atomic mass is 10.1. The summed E-state index contributed by atoms with van der Waals surface area (Å²) in [4.78, 5) is 24.7. The van der Waals surface area contributed by atoms with Crippen molar-refractivity contribution in [2.75, 3.05) is 6.61 Å². The van der Waals surface area contributed by atoms with Crippen LogP contribution in [0, 0.1) is 5.92 Å². The van der Waals surface area contributed by atoms with E-state index in [2.05, 4.69) is 20.4 Å². The Labute approximate surface area is 239 Å². The highest BCUT2D eigenvalue weighted by Gasteiger charge is 2.10. The predicted molar refractivity (Wildman–Crippen MR) is 161 cm³/mol. The van der Waals surface area contributed by atoms with Crippen molar-refractivity contribution in [3.8, 4) is 28.4 Å². The number of carbonyl (C=O) groups excluding carboxylic acids is 2. The third-order valence-corrected chi connectivity index (χ3v) is 6.84. The zero-order chi connectivity index (χ0) is 28.6. The number of hydrogen-bond donors (Lipinski definition) is 0. The lowest BCUT2D eigenvalue weighted by Gasteiger charge is -2.11. The summed E-state index contributed by atoms with van der Waals surface area (Å²) in [6.07, 6.45) is 11.2. The Kier molecular flexibility index (Phi) is 13.0. The van der Waals surface area contributed by atoms with Crippen LogP contribution in [0.25, 0.3) is 11.1 Å². The van der Waals surface area contributed by atoms with Gasteiger partial charge in [-0.25, -0.2) is 4.79 Å². The number of allylic oxidation sites excluding steroid dienone is 1. The largest absolute Gasteiger partial charge is 0.493 e. The Balaban J connectivity index is 1.42. The SMILES string of the molecule is C=CCCCCCCCCC(=O)Oc1ccc(-c2ccc(OC(=O)c3ccc(OC[C@@H](C)CC)cc3)cc2)cc1. The van der Waals surface area contributed by atoms with E-state index in [1.807, 2.05) is 30.3 Å². The van der Waals surface area contributed by atoms with Crippen LogP contribution >= 0.6 is 0 Å². The quantitative estimate of drug-likeness (QED) is 0.0736. The van der Waals surface area contributed by atoms with E-state index in [-0.39, 0.29) is 5.97 Å². The number of carbonyl (C=O) groups is 2. The first-order valence-electron chi connectivity index (χ1n) is 14.5. The average molecular weight is 543 g/mol. The maximum atomic E-state index is 12.6. The normalized spacial score (nSPS) is 11.4. The van der Waals surface area contributed by atoms with Gasteiger partial charge >= 0.3 is 11.9 Å². The number of hydrogen-bond acceptors (Lipinski definition) is 5. The summed E-state index contributed by atoms with van der Waals surface area (Å²) in [5.41, 5.74) is 2.40. The van der Waals surface area contributed by atoms with E-state index < -0.39 is 5.97 Å². The van der Waals surface area contributed by atoms with Crippen LogP contribution in [-0.4, -0.2) is 18.5 Å². The zero-order valence-electron chi connectivity index (χ0n) is 23.9. The van der Waals surface area contributed by atoms with Gasteiger partial charge in [-0.1, -0.05) is 76.3 Å². The molecule has 3 aromatic rings. The average Bonchev–Trinajstić information content (AvgIpc) is 2.98. The third kappa shape index (κ3) is 10.7. The van der Waals surface area contributed by atoms with Gasteiger partial charge in [-0.2, -0.15) is 0 Å². The van der Waals surface area contributed by atoms with Crippen LogP contribution < -0.4 is 14.2 Å². The van der Waals surface area contributed by atoms with E-state index in [4.69, 9.17) is 14.2 Å². The molecule has 0 saturated carbocycles. The van der Waals surface area contributed by atoms with Crippen molar-refractivity contribution in [2.24, 2.45) is 5.92 Å². The fourth-order valence-corrected chi connectivity index (χ4v) is 4.09. The molecule has 0 aromatic heterocycles. The second-order valence-electron chi connectivity index (χ2n) is 10.2. The minimum absolute atomic E-state index is 0.196. The molecule has 3 aromatic carbocycles. The summed E-state index contributed by atoms with van der Waals surface area (Å²) in [6, 6.07) is 21.8. The molecule has 0 radical (unpaired) electrons. The standard InChI is InChI=1S/C35H42O5/c1-4-6-7-8-9-10-11-12-13-34(36)39-32-22-14-28(15-23-32)29-16-24-33(25-17-29)40-35(37)30-18-20-31(21-19-30)38-26-27(3)5-2/h4,14-25,27H,1,5-13,26H2,2-3H3/t27-/m0/s1. The first kappa shape index (κ1) is 30.7. The van der Waals surface area contributed by atoms with E-state index in [1.165, 1.54) is 19.3 Å². The molecular weight excluding hydrogens is 500 g/mol. The minimum atomic E-state index is -0.420. The molecule has 0 amide bonds. The molecule has 1 atom stereocenters. The highest BCUT2D eigenvalue weighted by molar-refractivity contribution is 5.91. The Morgan fingerprint density at radius 2 is 1.25 bits per heavy atom. The molecular formula is C35H42O5. The molecule has 212 valence electrons. The summed E-state index contributed by atoms with van der Waals surface area (Å²) in [5.74, 6) is 1.61. The van der Waals surface area contributed by atoms with Crippen LogP contribution in [0.3, 0.4) is 0 Å². The molecule has 0 heterocycles. The third-order valence-electron chi connectivity index (χ3n) is 6.84. The van der Waals surface area contributed by atoms with Crippen LogP contribution in [0.2, 0.25) is 0 Å². The fourth-order valence-electron chi connectivity index (χ4n) is 4.09. The highest BCUT2D eigenvalue weighted by atomic mass is 16.5. The van der Waals surface area contributed by atoms with Crippen molar-refractivity contribution in [1.82, 2.24) is 0 Å². The molecule has 0 fully saturated rings. The molecule has 0 aliphatic rings. The Morgan fingerprint density at radius 1 is 0.725 bits per heavy atom. The minimum Gasteiger partial charge on any atom is -0.493 e. The summed E-state index contributed by atoms with van der Waals surface area (Å²) >= 11 is 0. The molecule has 0 saturated heterocycles. The van der Waals surface area contributed by atoms with Gasteiger partial charge in [-0.15, -0.1) is 6.58 Å². The lowest BCUT2D eigenvalue weighted by Crippen LogP contribution is -2.09. The lowest BCUT2D eigenvalue weighted by molar-refractivity contribution is -0.134.